The molecule has 32 heavy (non-hydrogen) atoms. The van der Waals surface area contributed by atoms with Gasteiger partial charge in [0.1, 0.15) is 18.1 Å². The van der Waals surface area contributed by atoms with Crippen molar-refractivity contribution in [2.24, 2.45) is 0 Å². The standard InChI is InChI=1S/C24H20FN3O4/c1-15-6-11-21-20(12-15)23(30)28(18-4-3-5-19(13-18)32-2)24(31)27(21)14-22(29)26-17-9-7-16(25)8-10-17/h3-13H,14H2,1-2H3,(H,26,29). The van der Waals surface area contributed by atoms with Crippen LogP contribution in [0.4, 0.5) is 10.1 Å². The normalized spacial score (nSPS) is 10.8. The lowest BCUT2D eigenvalue weighted by Crippen LogP contribution is -2.40. The largest absolute Gasteiger partial charge is 0.497 e. The van der Waals surface area contributed by atoms with Gasteiger partial charge in [-0.05, 0) is 55.5 Å². The molecular weight excluding hydrogens is 413 g/mol. The second-order valence-electron chi connectivity index (χ2n) is 7.29. The van der Waals surface area contributed by atoms with E-state index in [0.717, 1.165) is 10.1 Å². The second-order valence-corrected chi connectivity index (χ2v) is 7.29. The Bertz CT molecular complexity index is 1440. The Balaban J connectivity index is 1.85. The van der Waals surface area contributed by atoms with Crippen molar-refractivity contribution >= 4 is 22.5 Å². The molecule has 0 fully saturated rings. The van der Waals surface area contributed by atoms with Crippen molar-refractivity contribution in [3.8, 4) is 11.4 Å². The first-order chi connectivity index (χ1) is 15.4. The van der Waals surface area contributed by atoms with Crippen LogP contribution in [0.5, 0.6) is 5.75 Å². The van der Waals surface area contributed by atoms with Crippen LogP contribution in [0.3, 0.4) is 0 Å². The van der Waals surface area contributed by atoms with Crippen LogP contribution in [-0.4, -0.2) is 22.2 Å². The van der Waals surface area contributed by atoms with Gasteiger partial charge in [-0.25, -0.2) is 13.8 Å². The molecule has 162 valence electrons. The van der Waals surface area contributed by atoms with Crippen LogP contribution in [0.25, 0.3) is 16.6 Å². The number of benzene rings is 3. The zero-order chi connectivity index (χ0) is 22.8. The van der Waals surface area contributed by atoms with E-state index in [1.165, 1.54) is 35.9 Å². The van der Waals surface area contributed by atoms with E-state index in [2.05, 4.69) is 5.32 Å². The summed E-state index contributed by atoms with van der Waals surface area (Å²) >= 11 is 0. The summed E-state index contributed by atoms with van der Waals surface area (Å²) in [6.45, 7) is 1.51. The summed E-state index contributed by atoms with van der Waals surface area (Å²) in [6, 6.07) is 17.0. The van der Waals surface area contributed by atoms with Gasteiger partial charge in [0.25, 0.3) is 5.56 Å². The third kappa shape index (κ3) is 4.02. The van der Waals surface area contributed by atoms with Gasteiger partial charge in [-0.3, -0.25) is 14.2 Å². The Morgan fingerprint density at radius 3 is 2.50 bits per heavy atom. The van der Waals surface area contributed by atoms with Crippen LogP contribution in [0.2, 0.25) is 0 Å². The first kappa shape index (κ1) is 21.0. The molecule has 4 rings (SSSR count). The fourth-order valence-corrected chi connectivity index (χ4v) is 3.50. The number of hydrogen-bond acceptors (Lipinski definition) is 4. The Morgan fingerprint density at radius 1 is 1.03 bits per heavy atom. The van der Waals surface area contributed by atoms with E-state index in [4.69, 9.17) is 4.74 Å². The van der Waals surface area contributed by atoms with Crippen LogP contribution in [0, 0.1) is 12.7 Å². The first-order valence-electron chi connectivity index (χ1n) is 9.83. The average Bonchev–Trinajstić information content (AvgIpc) is 2.78. The third-order valence-corrected chi connectivity index (χ3v) is 5.04. The van der Waals surface area contributed by atoms with Crippen LogP contribution in [0.1, 0.15) is 5.56 Å². The number of amides is 1. The van der Waals surface area contributed by atoms with Crippen molar-refractivity contribution in [1.29, 1.82) is 0 Å². The minimum Gasteiger partial charge on any atom is -0.497 e. The predicted octanol–water partition coefficient (Wildman–Crippen LogP) is 3.25. The molecule has 0 saturated heterocycles. The number of nitrogens with zero attached hydrogens (tertiary/aromatic N) is 2. The van der Waals surface area contributed by atoms with Crippen LogP contribution < -0.4 is 21.3 Å². The fourth-order valence-electron chi connectivity index (χ4n) is 3.50. The molecule has 7 nitrogen and oxygen atoms in total. The Morgan fingerprint density at radius 2 is 1.78 bits per heavy atom. The highest BCUT2D eigenvalue weighted by Gasteiger charge is 2.17. The third-order valence-electron chi connectivity index (χ3n) is 5.04. The molecule has 0 aliphatic heterocycles. The molecule has 0 unspecified atom stereocenters. The van der Waals surface area contributed by atoms with Crippen molar-refractivity contribution in [3.05, 3.63) is 98.9 Å². The number of aryl methyl sites for hydroxylation is 1. The molecule has 1 heterocycles. The number of anilines is 1. The number of fused-ring (bicyclic) bond motifs is 1. The molecular formula is C24H20FN3O4. The number of halogens is 1. The first-order valence-corrected chi connectivity index (χ1v) is 9.83. The quantitative estimate of drug-likeness (QED) is 0.524. The molecule has 8 heteroatoms. The second kappa shape index (κ2) is 8.50. The molecule has 0 aliphatic rings. The van der Waals surface area contributed by atoms with Gasteiger partial charge in [0.05, 0.1) is 23.7 Å². The highest BCUT2D eigenvalue weighted by molar-refractivity contribution is 5.91. The van der Waals surface area contributed by atoms with Gasteiger partial charge in [0.2, 0.25) is 5.91 Å². The van der Waals surface area contributed by atoms with Gasteiger partial charge >= 0.3 is 5.69 Å². The van der Waals surface area contributed by atoms with Gasteiger partial charge in [-0.1, -0.05) is 17.7 Å². The molecule has 0 radical (unpaired) electrons. The van der Waals surface area contributed by atoms with E-state index in [1.807, 2.05) is 6.92 Å². The van der Waals surface area contributed by atoms with E-state index in [9.17, 15) is 18.8 Å². The number of ether oxygens (including phenoxy) is 1. The summed E-state index contributed by atoms with van der Waals surface area (Å²) < 4.78 is 20.6. The Labute approximate surface area is 182 Å². The molecule has 1 aromatic heterocycles. The van der Waals surface area contributed by atoms with Crippen molar-refractivity contribution in [1.82, 2.24) is 9.13 Å². The Hall–Kier alpha value is -4.20. The molecule has 1 amide bonds. The number of nitrogens with one attached hydrogen (secondary N) is 1. The van der Waals surface area contributed by atoms with Crippen molar-refractivity contribution in [2.75, 3.05) is 12.4 Å². The molecule has 0 atom stereocenters. The van der Waals surface area contributed by atoms with Crippen molar-refractivity contribution < 1.29 is 13.9 Å². The minimum atomic E-state index is -0.658. The lowest BCUT2D eigenvalue weighted by molar-refractivity contribution is -0.116. The molecule has 1 N–H and O–H groups in total. The van der Waals surface area contributed by atoms with Crippen molar-refractivity contribution in [3.63, 3.8) is 0 Å². The van der Waals surface area contributed by atoms with E-state index < -0.39 is 23.0 Å². The summed E-state index contributed by atoms with van der Waals surface area (Å²) in [4.78, 5) is 39.3. The smallest absolute Gasteiger partial charge is 0.336 e. The number of carbonyl (C=O) groups excluding carboxylic acids is 1. The van der Waals surface area contributed by atoms with Gasteiger partial charge in [0.15, 0.2) is 0 Å². The van der Waals surface area contributed by atoms with E-state index in [1.54, 1.807) is 42.5 Å². The van der Waals surface area contributed by atoms with E-state index in [0.29, 0.717) is 28.0 Å². The average molecular weight is 433 g/mol. The molecule has 4 aromatic rings. The summed E-state index contributed by atoms with van der Waals surface area (Å²) in [5.74, 6) is -0.430. The summed E-state index contributed by atoms with van der Waals surface area (Å²) in [5.41, 5.74) is 0.763. The monoisotopic (exact) mass is 433 g/mol. The summed E-state index contributed by atoms with van der Waals surface area (Å²) in [7, 11) is 1.49. The van der Waals surface area contributed by atoms with Crippen LogP contribution in [-0.2, 0) is 11.3 Å². The van der Waals surface area contributed by atoms with Gasteiger partial charge in [-0.2, -0.15) is 0 Å². The number of aromatic nitrogens is 2. The van der Waals surface area contributed by atoms with Crippen LogP contribution in [0.15, 0.2) is 76.3 Å². The molecule has 3 aromatic carbocycles. The fraction of sp³-hybridized carbons (Fsp3) is 0.125. The molecule has 0 aliphatic carbocycles. The molecule has 0 saturated carbocycles. The molecule has 0 bridgehead atoms. The zero-order valence-corrected chi connectivity index (χ0v) is 17.5. The predicted molar refractivity (Wildman–Crippen MR) is 120 cm³/mol. The number of rotatable bonds is 5. The van der Waals surface area contributed by atoms with Gasteiger partial charge < -0.3 is 10.1 Å². The molecule has 0 spiro atoms. The lowest BCUT2D eigenvalue weighted by Gasteiger charge is -2.15. The number of carbonyl (C=O) groups is 1. The van der Waals surface area contributed by atoms with Gasteiger partial charge in [-0.15, -0.1) is 0 Å². The maximum Gasteiger partial charge on any atom is 0.336 e. The topological polar surface area (TPSA) is 82.3 Å². The Kier molecular flexibility index (Phi) is 5.59. The van der Waals surface area contributed by atoms with Gasteiger partial charge in [0, 0.05) is 11.8 Å². The SMILES string of the molecule is COc1cccc(-n2c(=O)c3cc(C)ccc3n(CC(=O)Nc3ccc(F)cc3)c2=O)c1. The van der Waals surface area contributed by atoms with Crippen molar-refractivity contribution in [2.45, 2.75) is 13.5 Å². The zero-order valence-electron chi connectivity index (χ0n) is 17.5. The highest BCUT2D eigenvalue weighted by Crippen LogP contribution is 2.17. The number of methoxy groups -OCH3 is 1. The van der Waals surface area contributed by atoms with E-state index in [-0.39, 0.29) is 6.54 Å². The lowest BCUT2D eigenvalue weighted by atomic mass is 10.1. The van der Waals surface area contributed by atoms with Crippen LogP contribution >= 0.6 is 0 Å². The summed E-state index contributed by atoms with van der Waals surface area (Å²) in [5, 5.41) is 2.95. The maximum atomic E-state index is 13.4. The maximum absolute atomic E-state index is 13.4. The highest BCUT2D eigenvalue weighted by atomic mass is 19.1. The number of hydrogen-bond donors (Lipinski definition) is 1. The van der Waals surface area contributed by atoms with E-state index >= 15 is 0 Å². The summed E-state index contributed by atoms with van der Waals surface area (Å²) in [6.07, 6.45) is 0. The minimum absolute atomic E-state index is 0.307.